The third kappa shape index (κ3) is 3.27. The highest BCUT2D eigenvalue weighted by atomic mass is 19.1. The van der Waals surface area contributed by atoms with Crippen LogP contribution in [0.5, 0.6) is 0 Å². The molecule has 0 spiro atoms. The second kappa shape index (κ2) is 7.00. The van der Waals surface area contributed by atoms with Crippen molar-refractivity contribution in [3.63, 3.8) is 0 Å². The van der Waals surface area contributed by atoms with Crippen LogP contribution >= 0.6 is 0 Å². The van der Waals surface area contributed by atoms with E-state index in [1.807, 2.05) is 0 Å². The van der Waals surface area contributed by atoms with Crippen molar-refractivity contribution >= 4 is 5.78 Å². The lowest BCUT2D eigenvalue weighted by Gasteiger charge is -2.22. The predicted molar refractivity (Wildman–Crippen MR) is 94.5 cm³/mol. The summed E-state index contributed by atoms with van der Waals surface area (Å²) < 4.78 is 14.5. The molecule has 26 heavy (non-hydrogen) atoms. The lowest BCUT2D eigenvalue weighted by molar-refractivity contribution is -0.122. The number of aromatic nitrogens is 2. The van der Waals surface area contributed by atoms with Crippen molar-refractivity contribution in [2.24, 2.45) is 11.8 Å². The largest absolute Gasteiger partial charge is 0.304 e. The summed E-state index contributed by atoms with van der Waals surface area (Å²) in [6, 6.07) is 9.24. The number of nitriles is 1. The van der Waals surface area contributed by atoms with Gasteiger partial charge in [0, 0.05) is 24.2 Å². The van der Waals surface area contributed by atoms with Crippen molar-refractivity contribution in [1.82, 2.24) is 15.5 Å². The normalized spacial score (nSPS) is 25.2. The van der Waals surface area contributed by atoms with Crippen LogP contribution in [0.25, 0.3) is 11.3 Å². The van der Waals surface area contributed by atoms with E-state index in [-0.39, 0.29) is 30.5 Å². The molecular weight excluding hydrogens is 331 g/mol. The molecule has 1 aliphatic carbocycles. The zero-order valence-electron chi connectivity index (χ0n) is 14.4. The number of benzene rings is 1. The molecule has 1 saturated carbocycles. The number of rotatable bonds is 6. The number of fused-ring (bicyclic) bond motifs is 2. The molecule has 4 atom stereocenters. The molecule has 2 aromatic rings. The fourth-order valence-electron chi connectivity index (χ4n) is 4.31. The quantitative estimate of drug-likeness (QED) is 0.837. The molecule has 1 saturated heterocycles. The summed E-state index contributed by atoms with van der Waals surface area (Å²) in [5.41, 5.74) is 1.91. The molecule has 2 fully saturated rings. The topological polar surface area (TPSA) is 81.6 Å². The first-order valence-electron chi connectivity index (χ1n) is 9.10. The molecule has 134 valence electrons. The summed E-state index contributed by atoms with van der Waals surface area (Å²) in [6.45, 7) is 0. The van der Waals surface area contributed by atoms with Crippen LogP contribution in [0.1, 0.15) is 31.2 Å². The van der Waals surface area contributed by atoms with E-state index in [1.54, 1.807) is 24.4 Å². The number of hydrogen-bond donors (Lipinski definition) is 2. The smallest absolute Gasteiger partial charge is 0.151 e. The van der Waals surface area contributed by atoms with Gasteiger partial charge in [-0.15, -0.1) is 0 Å². The number of piperidine rings is 1. The highest BCUT2D eigenvalue weighted by Gasteiger charge is 2.42. The fourth-order valence-corrected chi connectivity index (χ4v) is 4.31. The Bertz CT molecular complexity index is 842. The van der Waals surface area contributed by atoms with Crippen LogP contribution in [0.3, 0.4) is 0 Å². The highest BCUT2D eigenvalue weighted by molar-refractivity contribution is 5.85. The molecule has 2 N–H and O–H groups in total. The van der Waals surface area contributed by atoms with Gasteiger partial charge in [0.25, 0.3) is 0 Å². The van der Waals surface area contributed by atoms with E-state index in [0.717, 1.165) is 25.0 Å². The number of hydrogen-bond acceptors (Lipinski definition) is 4. The van der Waals surface area contributed by atoms with Gasteiger partial charge in [0.2, 0.25) is 0 Å². The van der Waals surface area contributed by atoms with Crippen molar-refractivity contribution in [2.45, 2.75) is 44.2 Å². The fraction of sp³-hybridized carbons (Fsp3) is 0.450. The van der Waals surface area contributed by atoms with E-state index >= 15 is 0 Å². The van der Waals surface area contributed by atoms with E-state index in [9.17, 15) is 14.4 Å². The predicted octanol–water partition coefficient (Wildman–Crippen LogP) is 3.00. The minimum Gasteiger partial charge on any atom is -0.304 e. The summed E-state index contributed by atoms with van der Waals surface area (Å²) in [6.07, 6.45) is 5.34. The number of halogens is 1. The number of ketones is 1. The third-order valence-corrected chi connectivity index (χ3v) is 5.67. The summed E-state index contributed by atoms with van der Waals surface area (Å²) in [7, 11) is 0. The van der Waals surface area contributed by atoms with Gasteiger partial charge in [-0.1, -0.05) is 12.1 Å². The summed E-state index contributed by atoms with van der Waals surface area (Å²) in [5, 5.41) is 19.5. The number of carbonyl (C=O) groups is 1. The number of nitrogens with zero attached hydrogens (tertiary/aromatic N) is 2. The van der Waals surface area contributed by atoms with Crippen LogP contribution in [0.15, 0.2) is 30.5 Å². The van der Waals surface area contributed by atoms with Gasteiger partial charge >= 0.3 is 0 Å². The van der Waals surface area contributed by atoms with E-state index in [1.165, 1.54) is 6.07 Å². The van der Waals surface area contributed by atoms with Crippen LogP contribution in [-0.4, -0.2) is 28.1 Å². The van der Waals surface area contributed by atoms with Crippen molar-refractivity contribution in [3.8, 4) is 17.3 Å². The molecular formula is C20H21FN4O. The van der Waals surface area contributed by atoms with E-state index in [0.29, 0.717) is 23.1 Å². The molecule has 1 aliphatic heterocycles. The maximum absolute atomic E-state index is 14.5. The first kappa shape index (κ1) is 16.9. The maximum atomic E-state index is 14.5. The van der Waals surface area contributed by atoms with E-state index < -0.39 is 5.92 Å². The van der Waals surface area contributed by atoms with Crippen LogP contribution in [-0.2, 0) is 11.2 Å². The number of H-pyrrole nitrogens is 1. The minimum absolute atomic E-state index is 0.0956. The zero-order valence-corrected chi connectivity index (χ0v) is 14.4. The molecule has 1 aromatic heterocycles. The first-order chi connectivity index (χ1) is 12.6. The monoisotopic (exact) mass is 352 g/mol. The third-order valence-electron chi connectivity index (χ3n) is 5.67. The molecule has 5 nitrogen and oxygen atoms in total. The van der Waals surface area contributed by atoms with Gasteiger partial charge in [-0.05, 0) is 49.3 Å². The Morgan fingerprint density at radius 1 is 1.38 bits per heavy atom. The Kier molecular flexibility index (Phi) is 4.56. The Labute approximate surface area is 151 Å². The molecule has 0 radical (unpaired) electrons. The molecule has 4 rings (SSSR count). The standard InChI is InChI=1S/C20H21FN4O/c21-17-10-14(18-5-6-23-25-18)2-1-13(17)7-12(11-22)8-19(26)20-15-3-4-16(9-15)24-20/h1-2,5-6,10,12,15-16,20,24H,3-4,7-9H2,(H,23,25)/t12-,15+,16-,20+/m1/s1. The molecule has 0 unspecified atom stereocenters. The van der Waals surface area contributed by atoms with Crippen LogP contribution in [0.2, 0.25) is 0 Å². The van der Waals surface area contributed by atoms with Crippen molar-refractivity contribution < 1.29 is 9.18 Å². The lowest BCUT2D eigenvalue weighted by Crippen LogP contribution is -2.42. The molecule has 0 amide bonds. The Morgan fingerprint density at radius 3 is 2.88 bits per heavy atom. The summed E-state index contributed by atoms with van der Waals surface area (Å²) in [5.74, 6) is -0.353. The minimum atomic E-state index is -0.504. The maximum Gasteiger partial charge on any atom is 0.151 e. The van der Waals surface area contributed by atoms with Gasteiger partial charge in [0.1, 0.15) is 5.82 Å². The second-order valence-electron chi connectivity index (χ2n) is 7.39. The van der Waals surface area contributed by atoms with Gasteiger partial charge in [-0.3, -0.25) is 9.89 Å². The summed E-state index contributed by atoms with van der Waals surface area (Å²) >= 11 is 0. The molecule has 2 heterocycles. The molecule has 2 bridgehead atoms. The highest BCUT2D eigenvalue weighted by Crippen LogP contribution is 2.36. The van der Waals surface area contributed by atoms with Crippen molar-refractivity contribution in [1.29, 1.82) is 5.26 Å². The van der Waals surface area contributed by atoms with Gasteiger partial charge in [0.15, 0.2) is 5.78 Å². The zero-order chi connectivity index (χ0) is 18.1. The van der Waals surface area contributed by atoms with E-state index in [2.05, 4.69) is 21.6 Å². The Balaban J connectivity index is 1.42. The molecule has 6 heteroatoms. The van der Waals surface area contributed by atoms with Crippen LogP contribution < -0.4 is 5.32 Å². The average Bonchev–Trinajstić information content (AvgIpc) is 3.40. The second-order valence-corrected chi connectivity index (χ2v) is 7.39. The lowest BCUT2D eigenvalue weighted by atomic mass is 9.88. The van der Waals surface area contributed by atoms with Crippen LogP contribution in [0.4, 0.5) is 4.39 Å². The van der Waals surface area contributed by atoms with Crippen LogP contribution in [0, 0.1) is 29.0 Å². The van der Waals surface area contributed by atoms with Crippen molar-refractivity contribution in [2.75, 3.05) is 0 Å². The van der Waals surface area contributed by atoms with Gasteiger partial charge in [-0.2, -0.15) is 10.4 Å². The van der Waals surface area contributed by atoms with Gasteiger partial charge in [-0.25, -0.2) is 4.39 Å². The Hall–Kier alpha value is -2.52. The van der Waals surface area contributed by atoms with E-state index in [4.69, 9.17) is 0 Å². The number of Topliss-reactive ketones (excluding diaryl/α,β-unsaturated/α-hetero) is 1. The number of carbonyl (C=O) groups excluding carboxylic acids is 1. The molecule has 2 aliphatic rings. The number of aromatic amines is 1. The average molecular weight is 352 g/mol. The first-order valence-corrected chi connectivity index (χ1v) is 9.10. The summed E-state index contributed by atoms with van der Waals surface area (Å²) in [4.78, 5) is 12.6. The SMILES string of the molecule is N#C[C@@H](CC(=O)[C@H]1N[C@@H]2CC[C@H]1C2)Cc1ccc(-c2ccn[nH]2)cc1F. The van der Waals surface area contributed by atoms with Gasteiger partial charge in [0.05, 0.1) is 23.7 Å². The Morgan fingerprint density at radius 2 is 2.27 bits per heavy atom. The molecule has 1 aromatic carbocycles. The van der Waals surface area contributed by atoms with Gasteiger partial charge < -0.3 is 5.32 Å². The van der Waals surface area contributed by atoms with Crippen molar-refractivity contribution in [3.05, 3.63) is 41.8 Å². The number of nitrogens with one attached hydrogen (secondary N) is 2.